The zero-order chi connectivity index (χ0) is 19.4. The Kier molecular flexibility index (Phi) is 5.91. The largest absolute Gasteiger partial charge is 0.465 e. The van der Waals surface area contributed by atoms with Gasteiger partial charge in [-0.2, -0.15) is 0 Å². The number of fused-ring (bicyclic) bond motifs is 1. The summed E-state index contributed by atoms with van der Waals surface area (Å²) in [6.07, 6.45) is 0.510. The molecule has 0 fully saturated rings. The molecule has 0 spiro atoms. The Bertz CT molecular complexity index is 1000. The minimum Gasteiger partial charge on any atom is -0.465 e. The van der Waals surface area contributed by atoms with E-state index in [2.05, 4.69) is 23.7 Å². The molecule has 0 N–H and O–H groups in total. The van der Waals surface area contributed by atoms with E-state index in [1.807, 2.05) is 23.6 Å². The van der Waals surface area contributed by atoms with Crippen LogP contribution in [0.3, 0.4) is 0 Å². The van der Waals surface area contributed by atoms with Crippen molar-refractivity contribution >= 4 is 34.0 Å². The monoisotopic (exact) mass is 386 g/mol. The third-order valence-corrected chi connectivity index (χ3v) is 5.20. The lowest BCUT2D eigenvalue weighted by atomic mass is 10.1. The SMILES string of the molecule is CCN(CC)c1c(-c2nc(CCOC(C)=O)cs2)c(=O)oc2ccccc12. The van der Waals surface area contributed by atoms with Crippen LogP contribution in [0, 0.1) is 0 Å². The van der Waals surface area contributed by atoms with Crippen LogP contribution in [0.4, 0.5) is 5.69 Å². The van der Waals surface area contributed by atoms with Gasteiger partial charge in [0, 0.05) is 37.2 Å². The lowest BCUT2D eigenvalue weighted by molar-refractivity contribution is -0.140. The van der Waals surface area contributed by atoms with E-state index >= 15 is 0 Å². The number of anilines is 1. The molecule has 1 aromatic carbocycles. The molecule has 2 aromatic heterocycles. The molecule has 0 amide bonds. The van der Waals surface area contributed by atoms with Crippen molar-refractivity contribution in [3.8, 4) is 10.6 Å². The maximum absolute atomic E-state index is 12.8. The van der Waals surface area contributed by atoms with Crippen LogP contribution in [0.2, 0.25) is 0 Å². The van der Waals surface area contributed by atoms with Crippen LogP contribution in [-0.4, -0.2) is 30.6 Å². The van der Waals surface area contributed by atoms with Crippen LogP contribution in [0.25, 0.3) is 21.5 Å². The molecule has 142 valence electrons. The number of nitrogens with zero attached hydrogens (tertiary/aromatic N) is 2. The van der Waals surface area contributed by atoms with E-state index in [1.54, 1.807) is 6.07 Å². The first kappa shape index (κ1) is 19.1. The highest BCUT2D eigenvalue weighted by atomic mass is 32.1. The van der Waals surface area contributed by atoms with Gasteiger partial charge in [-0.05, 0) is 26.0 Å². The first-order valence-electron chi connectivity index (χ1n) is 8.94. The molecule has 0 saturated heterocycles. The molecule has 0 bridgehead atoms. The quantitative estimate of drug-likeness (QED) is 0.453. The summed E-state index contributed by atoms with van der Waals surface area (Å²) in [5.74, 6) is -0.315. The molecule has 0 unspecified atom stereocenters. The molecule has 0 aliphatic rings. The highest BCUT2D eigenvalue weighted by Gasteiger charge is 2.22. The molecule has 6 nitrogen and oxygen atoms in total. The zero-order valence-corrected chi connectivity index (χ0v) is 16.5. The molecular weight excluding hydrogens is 364 g/mol. The number of benzene rings is 1. The predicted octanol–water partition coefficient (Wildman–Crippen LogP) is 3.87. The average Bonchev–Trinajstić information content (AvgIpc) is 3.10. The van der Waals surface area contributed by atoms with E-state index in [0.717, 1.165) is 29.9 Å². The lowest BCUT2D eigenvalue weighted by Crippen LogP contribution is -2.25. The number of ether oxygens (including phenoxy) is 1. The number of rotatable bonds is 7. The second-order valence-corrected chi connectivity index (χ2v) is 6.87. The van der Waals surface area contributed by atoms with Gasteiger partial charge in [-0.15, -0.1) is 11.3 Å². The Hall–Kier alpha value is -2.67. The third-order valence-electron chi connectivity index (χ3n) is 4.29. The molecule has 0 radical (unpaired) electrons. The normalized spacial score (nSPS) is 10.9. The fourth-order valence-corrected chi connectivity index (χ4v) is 3.91. The smallest absolute Gasteiger partial charge is 0.348 e. The average molecular weight is 386 g/mol. The van der Waals surface area contributed by atoms with Gasteiger partial charge in [0.2, 0.25) is 0 Å². The van der Waals surface area contributed by atoms with Crippen molar-refractivity contribution in [2.24, 2.45) is 0 Å². The number of para-hydroxylation sites is 1. The van der Waals surface area contributed by atoms with Gasteiger partial charge in [0.15, 0.2) is 0 Å². The van der Waals surface area contributed by atoms with E-state index < -0.39 is 5.63 Å². The van der Waals surface area contributed by atoms with Crippen LogP contribution < -0.4 is 10.5 Å². The summed E-state index contributed by atoms with van der Waals surface area (Å²) >= 11 is 1.40. The summed E-state index contributed by atoms with van der Waals surface area (Å²) in [5, 5.41) is 3.40. The Labute approximate surface area is 161 Å². The second kappa shape index (κ2) is 8.35. The van der Waals surface area contributed by atoms with Crippen LogP contribution in [0.1, 0.15) is 26.5 Å². The highest BCUT2D eigenvalue weighted by Crippen LogP contribution is 2.36. The van der Waals surface area contributed by atoms with Crippen molar-refractivity contribution in [1.82, 2.24) is 4.98 Å². The first-order chi connectivity index (χ1) is 13.0. The minimum atomic E-state index is -0.392. The number of hydrogen-bond acceptors (Lipinski definition) is 7. The van der Waals surface area contributed by atoms with E-state index in [4.69, 9.17) is 9.15 Å². The van der Waals surface area contributed by atoms with Gasteiger partial charge in [-0.3, -0.25) is 4.79 Å². The number of carbonyl (C=O) groups excluding carboxylic acids is 1. The molecule has 0 aliphatic heterocycles. The van der Waals surface area contributed by atoms with Crippen molar-refractivity contribution in [3.05, 3.63) is 45.8 Å². The van der Waals surface area contributed by atoms with Gasteiger partial charge in [-0.1, -0.05) is 12.1 Å². The summed E-state index contributed by atoms with van der Waals surface area (Å²) in [5.41, 5.74) is 2.31. The summed E-state index contributed by atoms with van der Waals surface area (Å²) < 4.78 is 10.5. The van der Waals surface area contributed by atoms with Gasteiger partial charge >= 0.3 is 11.6 Å². The van der Waals surface area contributed by atoms with Crippen LogP contribution in [0.15, 0.2) is 38.9 Å². The summed E-state index contributed by atoms with van der Waals surface area (Å²) in [6.45, 7) is 7.30. The summed E-state index contributed by atoms with van der Waals surface area (Å²) in [7, 11) is 0. The van der Waals surface area contributed by atoms with Crippen molar-refractivity contribution in [1.29, 1.82) is 0 Å². The van der Waals surface area contributed by atoms with Gasteiger partial charge < -0.3 is 14.1 Å². The molecule has 0 saturated carbocycles. The Balaban J connectivity index is 2.09. The first-order valence-corrected chi connectivity index (χ1v) is 9.82. The van der Waals surface area contributed by atoms with Crippen molar-refractivity contribution in [2.75, 3.05) is 24.6 Å². The molecule has 27 heavy (non-hydrogen) atoms. The summed E-state index contributed by atoms with van der Waals surface area (Å²) in [4.78, 5) is 30.5. The van der Waals surface area contributed by atoms with E-state index in [1.165, 1.54) is 18.3 Å². The number of aromatic nitrogens is 1. The molecule has 0 aliphatic carbocycles. The Morgan fingerprint density at radius 2 is 2.00 bits per heavy atom. The summed E-state index contributed by atoms with van der Waals surface area (Å²) in [6, 6.07) is 7.56. The topological polar surface area (TPSA) is 72.6 Å². The highest BCUT2D eigenvalue weighted by molar-refractivity contribution is 7.13. The Morgan fingerprint density at radius 1 is 1.26 bits per heavy atom. The van der Waals surface area contributed by atoms with E-state index in [9.17, 15) is 9.59 Å². The zero-order valence-electron chi connectivity index (χ0n) is 15.7. The molecule has 7 heteroatoms. The fraction of sp³-hybridized carbons (Fsp3) is 0.350. The van der Waals surface area contributed by atoms with Gasteiger partial charge in [0.25, 0.3) is 0 Å². The van der Waals surface area contributed by atoms with E-state index in [-0.39, 0.29) is 12.6 Å². The minimum absolute atomic E-state index is 0.272. The fourth-order valence-electron chi connectivity index (χ4n) is 3.03. The van der Waals surface area contributed by atoms with E-state index in [0.29, 0.717) is 22.6 Å². The Morgan fingerprint density at radius 3 is 2.70 bits per heavy atom. The molecular formula is C20H22N2O4S. The van der Waals surface area contributed by atoms with Crippen molar-refractivity contribution < 1.29 is 13.9 Å². The molecule has 3 rings (SSSR count). The number of hydrogen-bond donors (Lipinski definition) is 0. The van der Waals surface area contributed by atoms with Gasteiger partial charge in [0.05, 0.1) is 18.0 Å². The number of thiazole rings is 1. The third kappa shape index (κ3) is 4.03. The van der Waals surface area contributed by atoms with Gasteiger partial charge in [0.1, 0.15) is 16.2 Å². The molecule has 2 heterocycles. The number of esters is 1. The molecule has 3 aromatic rings. The maximum atomic E-state index is 12.8. The van der Waals surface area contributed by atoms with Crippen LogP contribution in [0.5, 0.6) is 0 Å². The van der Waals surface area contributed by atoms with Crippen LogP contribution in [-0.2, 0) is 16.0 Å². The van der Waals surface area contributed by atoms with Gasteiger partial charge in [-0.25, -0.2) is 9.78 Å². The standard InChI is InChI=1S/C20H22N2O4S/c1-4-22(5-2)18-15-8-6-7-9-16(15)26-20(24)17(18)19-21-14(12-27-19)10-11-25-13(3)23/h6-9,12H,4-5,10-11H2,1-3H3. The second-order valence-electron chi connectivity index (χ2n) is 6.02. The number of carbonyl (C=O) groups is 1. The van der Waals surface area contributed by atoms with Crippen LogP contribution >= 0.6 is 11.3 Å². The maximum Gasteiger partial charge on any atom is 0.348 e. The lowest BCUT2D eigenvalue weighted by Gasteiger charge is -2.24. The predicted molar refractivity (Wildman–Crippen MR) is 107 cm³/mol. The van der Waals surface area contributed by atoms with Crippen molar-refractivity contribution in [2.45, 2.75) is 27.2 Å². The molecule has 0 atom stereocenters. The van der Waals surface area contributed by atoms with Crippen molar-refractivity contribution in [3.63, 3.8) is 0 Å².